The smallest absolute Gasteiger partial charge is 0.0920 e. The maximum atomic E-state index is 6.35. The highest BCUT2D eigenvalue weighted by atomic mass is 127. The van der Waals surface area contributed by atoms with Crippen molar-refractivity contribution in [1.82, 2.24) is 0 Å². The van der Waals surface area contributed by atoms with E-state index in [1.807, 2.05) is 7.11 Å². The van der Waals surface area contributed by atoms with Gasteiger partial charge in [0, 0.05) is 11.5 Å². The topological polar surface area (TPSA) is 18.5 Å². The molecule has 0 aromatic heterocycles. The van der Waals surface area contributed by atoms with Crippen molar-refractivity contribution in [1.29, 1.82) is 0 Å². The Morgan fingerprint density at radius 2 is 2.00 bits per heavy atom. The van der Waals surface area contributed by atoms with E-state index in [1.165, 1.54) is 30.4 Å². The zero-order valence-electron chi connectivity index (χ0n) is 11.8. The molecule has 0 heterocycles. The highest BCUT2D eigenvalue weighted by molar-refractivity contribution is 14.1. The van der Waals surface area contributed by atoms with Crippen molar-refractivity contribution in [2.24, 2.45) is 0 Å². The Kier molecular flexibility index (Phi) is 6.10. The molecule has 0 N–H and O–H groups in total. The summed E-state index contributed by atoms with van der Waals surface area (Å²) in [4.78, 5) is 0. The summed E-state index contributed by atoms with van der Waals surface area (Å²) in [5.74, 6) is 0. The predicted molar refractivity (Wildman–Crippen MR) is 86.9 cm³/mol. The van der Waals surface area contributed by atoms with Crippen LogP contribution in [0.3, 0.4) is 0 Å². The van der Waals surface area contributed by atoms with Crippen LogP contribution < -0.4 is 0 Å². The predicted octanol–water partition coefficient (Wildman–Crippen LogP) is 4.45. The van der Waals surface area contributed by atoms with Gasteiger partial charge in [0.1, 0.15) is 0 Å². The molecule has 1 aromatic carbocycles. The molecule has 1 saturated carbocycles. The summed E-state index contributed by atoms with van der Waals surface area (Å²) in [6.45, 7) is 2.16. The lowest BCUT2D eigenvalue weighted by molar-refractivity contribution is -0.0580. The lowest BCUT2D eigenvalue weighted by Gasteiger charge is -2.31. The molecular formula is C16H23IO2. The molecule has 2 rings (SSSR count). The van der Waals surface area contributed by atoms with Crippen LogP contribution in [-0.4, -0.2) is 23.7 Å². The number of aryl methyl sites for hydroxylation is 1. The summed E-state index contributed by atoms with van der Waals surface area (Å²) in [5.41, 5.74) is 2.65. The number of rotatable bonds is 5. The summed E-state index contributed by atoms with van der Waals surface area (Å²) in [6, 6.07) is 8.54. The third-order valence-electron chi connectivity index (χ3n) is 3.94. The van der Waals surface area contributed by atoms with Crippen LogP contribution in [-0.2, 0) is 9.47 Å². The molecule has 1 aliphatic carbocycles. The largest absolute Gasteiger partial charge is 0.381 e. The van der Waals surface area contributed by atoms with Crippen LogP contribution in [0.25, 0.3) is 0 Å². The summed E-state index contributed by atoms with van der Waals surface area (Å²) in [7, 11) is 1.81. The van der Waals surface area contributed by atoms with Crippen LogP contribution in [0.5, 0.6) is 0 Å². The first-order valence-electron chi connectivity index (χ1n) is 7.04. The fourth-order valence-corrected chi connectivity index (χ4v) is 3.50. The highest BCUT2D eigenvalue weighted by Crippen LogP contribution is 2.30. The van der Waals surface area contributed by atoms with Gasteiger partial charge >= 0.3 is 0 Å². The Bertz CT molecular complexity index is 394. The molecule has 0 aliphatic heterocycles. The van der Waals surface area contributed by atoms with Gasteiger partial charge in [-0.25, -0.2) is 0 Å². The Labute approximate surface area is 130 Å². The van der Waals surface area contributed by atoms with Gasteiger partial charge in [-0.05, 0) is 43.7 Å². The minimum atomic E-state index is 0.211. The van der Waals surface area contributed by atoms with Gasteiger partial charge in [-0.3, -0.25) is 0 Å². The van der Waals surface area contributed by atoms with Crippen molar-refractivity contribution in [3.63, 3.8) is 0 Å². The molecule has 0 bridgehead atoms. The summed E-state index contributed by atoms with van der Waals surface area (Å²) >= 11 is 2.42. The minimum Gasteiger partial charge on any atom is -0.381 e. The van der Waals surface area contributed by atoms with Gasteiger partial charge in [-0.2, -0.15) is 0 Å². The second kappa shape index (κ2) is 7.60. The Morgan fingerprint density at radius 1 is 1.26 bits per heavy atom. The highest BCUT2D eigenvalue weighted by Gasteiger charge is 2.25. The molecule has 1 fully saturated rings. The standard InChI is InChI=1S/C16H23IO2/c1-12-6-3-4-9-15(12)16(11-17)19-14-8-5-7-13(10-14)18-2/h3-4,6,9,13-14,16H,5,7-8,10-11H2,1-2H3. The van der Waals surface area contributed by atoms with E-state index in [-0.39, 0.29) is 6.10 Å². The molecule has 3 unspecified atom stereocenters. The van der Waals surface area contributed by atoms with E-state index in [2.05, 4.69) is 53.8 Å². The van der Waals surface area contributed by atoms with Gasteiger partial charge in [0.25, 0.3) is 0 Å². The maximum Gasteiger partial charge on any atom is 0.0920 e. The number of hydrogen-bond donors (Lipinski definition) is 0. The first-order chi connectivity index (χ1) is 9.24. The molecule has 0 radical (unpaired) electrons. The number of benzene rings is 1. The van der Waals surface area contributed by atoms with Crippen LogP contribution >= 0.6 is 22.6 Å². The van der Waals surface area contributed by atoms with Crippen molar-refractivity contribution in [2.75, 3.05) is 11.5 Å². The number of ether oxygens (including phenoxy) is 2. The van der Waals surface area contributed by atoms with E-state index in [0.29, 0.717) is 12.2 Å². The number of hydrogen-bond acceptors (Lipinski definition) is 2. The zero-order valence-corrected chi connectivity index (χ0v) is 13.9. The Morgan fingerprint density at radius 3 is 2.68 bits per heavy atom. The SMILES string of the molecule is COC1CCCC(OC(CI)c2ccccc2C)C1. The lowest BCUT2D eigenvalue weighted by Crippen LogP contribution is -2.29. The maximum absolute atomic E-state index is 6.35. The molecule has 3 atom stereocenters. The fraction of sp³-hybridized carbons (Fsp3) is 0.625. The molecule has 1 aromatic rings. The van der Waals surface area contributed by atoms with Crippen molar-refractivity contribution in [3.05, 3.63) is 35.4 Å². The minimum absolute atomic E-state index is 0.211. The molecule has 0 spiro atoms. The van der Waals surface area contributed by atoms with Gasteiger partial charge in [0.05, 0.1) is 18.3 Å². The van der Waals surface area contributed by atoms with E-state index in [0.717, 1.165) is 10.8 Å². The monoisotopic (exact) mass is 374 g/mol. The van der Waals surface area contributed by atoms with Crippen molar-refractivity contribution >= 4 is 22.6 Å². The quantitative estimate of drug-likeness (QED) is 0.560. The van der Waals surface area contributed by atoms with E-state index in [1.54, 1.807) is 0 Å². The number of halogens is 1. The fourth-order valence-electron chi connectivity index (χ4n) is 2.81. The normalized spacial score (nSPS) is 25.2. The van der Waals surface area contributed by atoms with Crippen molar-refractivity contribution < 1.29 is 9.47 Å². The van der Waals surface area contributed by atoms with Crippen LogP contribution in [0.1, 0.15) is 42.9 Å². The Balaban J connectivity index is 2.01. The van der Waals surface area contributed by atoms with E-state index in [9.17, 15) is 0 Å². The first kappa shape index (κ1) is 15.3. The molecule has 19 heavy (non-hydrogen) atoms. The molecule has 0 saturated heterocycles. The number of methoxy groups -OCH3 is 1. The molecular weight excluding hydrogens is 351 g/mol. The zero-order chi connectivity index (χ0) is 13.7. The number of alkyl halides is 1. The molecule has 0 amide bonds. The van der Waals surface area contributed by atoms with Gasteiger partial charge in [-0.1, -0.05) is 46.9 Å². The van der Waals surface area contributed by atoms with Crippen molar-refractivity contribution in [3.8, 4) is 0 Å². The summed E-state index contributed by atoms with van der Waals surface area (Å²) in [5, 5.41) is 0. The van der Waals surface area contributed by atoms with Gasteiger partial charge in [0.2, 0.25) is 0 Å². The van der Waals surface area contributed by atoms with Crippen LogP contribution in [0.4, 0.5) is 0 Å². The van der Waals surface area contributed by atoms with Gasteiger partial charge in [-0.15, -0.1) is 0 Å². The van der Waals surface area contributed by atoms with Crippen LogP contribution in [0.2, 0.25) is 0 Å². The molecule has 2 nitrogen and oxygen atoms in total. The van der Waals surface area contributed by atoms with E-state index in [4.69, 9.17) is 9.47 Å². The van der Waals surface area contributed by atoms with E-state index < -0.39 is 0 Å². The Hall–Kier alpha value is -0.130. The lowest BCUT2D eigenvalue weighted by atomic mass is 9.94. The first-order valence-corrected chi connectivity index (χ1v) is 8.57. The van der Waals surface area contributed by atoms with E-state index >= 15 is 0 Å². The third-order valence-corrected chi connectivity index (χ3v) is 4.74. The summed E-state index contributed by atoms with van der Waals surface area (Å²) < 4.78 is 12.8. The molecule has 3 heteroatoms. The third kappa shape index (κ3) is 4.17. The average molecular weight is 374 g/mol. The molecule has 106 valence electrons. The second-order valence-electron chi connectivity index (χ2n) is 5.28. The van der Waals surface area contributed by atoms with Gasteiger partial charge < -0.3 is 9.47 Å². The van der Waals surface area contributed by atoms with Crippen molar-refractivity contribution in [2.45, 2.75) is 50.9 Å². The molecule has 1 aliphatic rings. The van der Waals surface area contributed by atoms with Gasteiger partial charge in [0.15, 0.2) is 0 Å². The summed E-state index contributed by atoms with van der Waals surface area (Å²) in [6.07, 6.45) is 5.53. The van der Waals surface area contributed by atoms with Crippen LogP contribution in [0, 0.1) is 6.92 Å². The average Bonchev–Trinajstić information content (AvgIpc) is 2.46. The van der Waals surface area contributed by atoms with Crippen LogP contribution in [0.15, 0.2) is 24.3 Å². The second-order valence-corrected chi connectivity index (χ2v) is 6.16.